The summed E-state index contributed by atoms with van der Waals surface area (Å²) in [6.07, 6.45) is 2.62. The molecule has 1 unspecified atom stereocenters. The van der Waals surface area contributed by atoms with Gasteiger partial charge in [-0.25, -0.2) is 8.42 Å². The van der Waals surface area contributed by atoms with E-state index >= 15 is 0 Å². The number of nitrogens with zero attached hydrogens (tertiary/aromatic N) is 1. The summed E-state index contributed by atoms with van der Waals surface area (Å²) in [5.74, 6) is -0.145. The number of aryl methyl sites for hydroxylation is 3. The maximum atomic E-state index is 13.2. The Kier molecular flexibility index (Phi) is 6.20. The van der Waals surface area contributed by atoms with Crippen LogP contribution in [0.25, 0.3) is 0 Å². The van der Waals surface area contributed by atoms with E-state index in [9.17, 15) is 13.2 Å². The Bertz CT molecular complexity index is 932. The number of nitrogens with one attached hydrogen (secondary N) is 1. The summed E-state index contributed by atoms with van der Waals surface area (Å²) in [5.41, 5.74) is 3.83. The van der Waals surface area contributed by atoms with E-state index < -0.39 is 10.0 Å². The zero-order valence-electron chi connectivity index (χ0n) is 16.7. The molecule has 3 rings (SSSR count). The minimum Gasteiger partial charge on any atom is -0.326 e. The molecule has 0 saturated carbocycles. The minimum absolute atomic E-state index is 0.145. The van der Waals surface area contributed by atoms with Gasteiger partial charge in [0.25, 0.3) is 0 Å². The third-order valence-electron chi connectivity index (χ3n) is 5.37. The highest BCUT2D eigenvalue weighted by molar-refractivity contribution is 7.89. The van der Waals surface area contributed by atoms with Crippen LogP contribution in [-0.2, 0) is 14.8 Å². The van der Waals surface area contributed by atoms with E-state index in [1.165, 1.54) is 4.31 Å². The van der Waals surface area contributed by atoms with Gasteiger partial charge in [0.05, 0.1) is 4.90 Å². The number of para-hydroxylation sites is 1. The molecule has 1 saturated heterocycles. The third kappa shape index (κ3) is 4.45. The lowest BCUT2D eigenvalue weighted by Crippen LogP contribution is -2.45. The molecule has 6 heteroatoms. The molecule has 5 nitrogen and oxygen atoms in total. The molecule has 1 aliphatic heterocycles. The SMILES string of the molecule is Cc1ccc(S(=O)(=O)N2CCCCC2CC(=O)Nc2c(C)cccc2C)cc1. The highest BCUT2D eigenvalue weighted by atomic mass is 32.2. The van der Waals surface area contributed by atoms with Gasteiger partial charge in [0.2, 0.25) is 15.9 Å². The minimum atomic E-state index is -3.61. The van der Waals surface area contributed by atoms with E-state index in [0.29, 0.717) is 17.9 Å². The summed E-state index contributed by atoms with van der Waals surface area (Å²) in [4.78, 5) is 13.0. The Labute approximate surface area is 167 Å². The van der Waals surface area contributed by atoms with Crippen molar-refractivity contribution < 1.29 is 13.2 Å². The number of piperidine rings is 1. The molecule has 1 N–H and O–H groups in total. The van der Waals surface area contributed by atoms with Crippen LogP contribution in [0.2, 0.25) is 0 Å². The lowest BCUT2D eigenvalue weighted by Gasteiger charge is -2.34. The Morgan fingerprint density at radius 3 is 2.32 bits per heavy atom. The molecular weight excluding hydrogens is 372 g/mol. The molecule has 0 aliphatic carbocycles. The van der Waals surface area contributed by atoms with Crippen molar-refractivity contribution in [2.24, 2.45) is 0 Å². The number of sulfonamides is 1. The van der Waals surface area contributed by atoms with E-state index in [1.807, 2.05) is 39.0 Å². The Morgan fingerprint density at radius 2 is 1.68 bits per heavy atom. The average molecular weight is 401 g/mol. The maximum Gasteiger partial charge on any atom is 0.243 e. The second-order valence-corrected chi connectivity index (χ2v) is 9.49. The number of hydrogen-bond donors (Lipinski definition) is 1. The largest absolute Gasteiger partial charge is 0.326 e. The van der Waals surface area contributed by atoms with Crippen LogP contribution in [0.3, 0.4) is 0 Å². The third-order valence-corrected chi connectivity index (χ3v) is 7.33. The number of carbonyl (C=O) groups is 1. The summed E-state index contributed by atoms with van der Waals surface area (Å²) >= 11 is 0. The molecule has 0 bridgehead atoms. The molecule has 2 aromatic rings. The van der Waals surface area contributed by atoms with Crippen LogP contribution in [0.5, 0.6) is 0 Å². The van der Waals surface area contributed by atoms with Crippen molar-refractivity contribution in [1.82, 2.24) is 4.31 Å². The molecule has 1 amide bonds. The molecule has 2 aromatic carbocycles. The van der Waals surface area contributed by atoms with Crippen molar-refractivity contribution in [1.29, 1.82) is 0 Å². The van der Waals surface area contributed by atoms with Crippen LogP contribution in [0, 0.1) is 20.8 Å². The molecule has 0 aromatic heterocycles. The number of amides is 1. The molecule has 0 radical (unpaired) electrons. The van der Waals surface area contributed by atoms with E-state index in [0.717, 1.165) is 35.2 Å². The predicted octanol–water partition coefficient (Wildman–Crippen LogP) is 4.18. The fourth-order valence-corrected chi connectivity index (χ4v) is 5.45. The maximum absolute atomic E-state index is 13.2. The van der Waals surface area contributed by atoms with Crippen molar-refractivity contribution >= 4 is 21.6 Å². The molecule has 1 aliphatic rings. The first-order valence-corrected chi connectivity index (χ1v) is 11.2. The Balaban J connectivity index is 1.78. The van der Waals surface area contributed by atoms with Crippen LogP contribution < -0.4 is 5.32 Å². The summed E-state index contributed by atoms with van der Waals surface area (Å²) in [6, 6.07) is 12.5. The summed E-state index contributed by atoms with van der Waals surface area (Å²) < 4.78 is 27.8. The van der Waals surface area contributed by atoms with Gasteiger partial charge in [-0.1, -0.05) is 42.3 Å². The molecule has 150 valence electrons. The van der Waals surface area contributed by atoms with Crippen LogP contribution >= 0.6 is 0 Å². The highest BCUT2D eigenvalue weighted by Crippen LogP contribution is 2.28. The van der Waals surface area contributed by atoms with Crippen molar-refractivity contribution in [3.05, 3.63) is 59.2 Å². The van der Waals surface area contributed by atoms with Crippen LogP contribution in [0.4, 0.5) is 5.69 Å². The molecule has 1 atom stereocenters. The second-order valence-electron chi connectivity index (χ2n) is 7.60. The van der Waals surface area contributed by atoms with Gasteiger partial charge in [-0.3, -0.25) is 4.79 Å². The summed E-state index contributed by atoms with van der Waals surface area (Å²) in [6.45, 7) is 6.30. The zero-order valence-corrected chi connectivity index (χ0v) is 17.6. The quantitative estimate of drug-likeness (QED) is 0.819. The zero-order chi connectivity index (χ0) is 20.3. The fraction of sp³-hybridized carbons (Fsp3) is 0.409. The Morgan fingerprint density at radius 1 is 1.04 bits per heavy atom. The van der Waals surface area contributed by atoms with Crippen LogP contribution in [-0.4, -0.2) is 31.2 Å². The van der Waals surface area contributed by atoms with Crippen molar-refractivity contribution in [2.45, 2.75) is 57.4 Å². The summed E-state index contributed by atoms with van der Waals surface area (Å²) in [7, 11) is -3.61. The fourth-order valence-electron chi connectivity index (χ4n) is 3.76. The van der Waals surface area contributed by atoms with Gasteiger partial charge >= 0.3 is 0 Å². The number of anilines is 1. The van der Waals surface area contributed by atoms with Gasteiger partial charge in [0.1, 0.15) is 0 Å². The van der Waals surface area contributed by atoms with Gasteiger partial charge in [-0.05, 0) is 56.9 Å². The van der Waals surface area contributed by atoms with Gasteiger partial charge in [-0.15, -0.1) is 0 Å². The molecule has 28 heavy (non-hydrogen) atoms. The van der Waals surface area contributed by atoms with Crippen molar-refractivity contribution in [3.8, 4) is 0 Å². The first kappa shape index (κ1) is 20.6. The lowest BCUT2D eigenvalue weighted by atomic mass is 10.0. The van der Waals surface area contributed by atoms with Gasteiger partial charge in [0, 0.05) is 24.7 Å². The number of benzene rings is 2. The van der Waals surface area contributed by atoms with Crippen LogP contribution in [0.15, 0.2) is 47.4 Å². The van der Waals surface area contributed by atoms with Gasteiger partial charge in [0.15, 0.2) is 0 Å². The molecule has 1 heterocycles. The van der Waals surface area contributed by atoms with E-state index in [1.54, 1.807) is 24.3 Å². The molecule has 1 fully saturated rings. The van der Waals surface area contributed by atoms with E-state index in [-0.39, 0.29) is 18.4 Å². The van der Waals surface area contributed by atoms with E-state index in [2.05, 4.69) is 5.32 Å². The average Bonchev–Trinajstić information content (AvgIpc) is 2.65. The standard InChI is InChI=1S/C22H28N2O3S/c1-16-10-12-20(13-11-16)28(26,27)24-14-5-4-9-19(24)15-21(25)23-22-17(2)7-6-8-18(22)3/h6-8,10-13,19H,4-5,9,14-15H2,1-3H3,(H,23,25). The topological polar surface area (TPSA) is 66.5 Å². The van der Waals surface area contributed by atoms with Crippen molar-refractivity contribution in [2.75, 3.05) is 11.9 Å². The van der Waals surface area contributed by atoms with Gasteiger partial charge < -0.3 is 5.32 Å². The number of rotatable bonds is 5. The highest BCUT2D eigenvalue weighted by Gasteiger charge is 2.34. The first-order chi connectivity index (χ1) is 13.3. The van der Waals surface area contributed by atoms with E-state index in [4.69, 9.17) is 0 Å². The second kappa shape index (κ2) is 8.45. The first-order valence-electron chi connectivity index (χ1n) is 9.73. The predicted molar refractivity (Wildman–Crippen MR) is 112 cm³/mol. The lowest BCUT2D eigenvalue weighted by molar-refractivity contribution is -0.117. The van der Waals surface area contributed by atoms with Crippen LogP contribution in [0.1, 0.15) is 42.4 Å². The Hall–Kier alpha value is -2.18. The summed E-state index contributed by atoms with van der Waals surface area (Å²) in [5, 5.41) is 2.98. The normalized spacial score (nSPS) is 18.0. The molecule has 0 spiro atoms. The molecular formula is C22H28N2O3S. The van der Waals surface area contributed by atoms with Crippen molar-refractivity contribution in [3.63, 3.8) is 0 Å². The number of hydrogen-bond acceptors (Lipinski definition) is 3. The smallest absolute Gasteiger partial charge is 0.243 e. The van der Waals surface area contributed by atoms with Gasteiger partial charge in [-0.2, -0.15) is 4.31 Å². The monoisotopic (exact) mass is 400 g/mol. The number of carbonyl (C=O) groups excluding carboxylic acids is 1.